The van der Waals surface area contributed by atoms with Crippen LogP contribution in [0.25, 0.3) is 0 Å². The van der Waals surface area contributed by atoms with Gasteiger partial charge < -0.3 is 5.32 Å². The van der Waals surface area contributed by atoms with Crippen molar-refractivity contribution in [3.63, 3.8) is 0 Å². The van der Waals surface area contributed by atoms with E-state index >= 15 is 0 Å². The Balaban J connectivity index is 1.81. The highest BCUT2D eigenvalue weighted by Crippen LogP contribution is 2.27. The van der Waals surface area contributed by atoms with E-state index < -0.39 is 14.9 Å². The molecule has 0 bridgehead atoms. The van der Waals surface area contributed by atoms with Crippen LogP contribution in [-0.2, 0) is 10.0 Å². The first-order valence-electron chi connectivity index (χ1n) is 8.00. The number of nitro groups is 1. The Morgan fingerprint density at radius 1 is 1.08 bits per heavy atom. The summed E-state index contributed by atoms with van der Waals surface area (Å²) in [5, 5.41) is 13.9. The Labute approximate surface area is 146 Å². The monoisotopic (exact) mass is 361 g/mol. The normalized spacial score (nSPS) is 21.0. The molecule has 2 aromatic carbocycles. The third-order valence-electron chi connectivity index (χ3n) is 4.37. The van der Waals surface area contributed by atoms with Crippen molar-refractivity contribution in [3.8, 4) is 0 Å². The van der Waals surface area contributed by atoms with Crippen molar-refractivity contribution in [3.05, 3.63) is 70.3 Å². The molecule has 2 atom stereocenters. The van der Waals surface area contributed by atoms with Gasteiger partial charge in [0.05, 0.1) is 9.82 Å². The van der Waals surface area contributed by atoms with Gasteiger partial charge in [-0.1, -0.05) is 30.3 Å². The quantitative estimate of drug-likeness (QED) is 0.627. The van der Waals surface area contributed by atoms with Gasteiger partial charge in [-0.15, -0.1) is 0 Å². The van der Waals surface area contributed by atoms with Gasteiger partial charge in [0.25, 0.3) is 5.69 Å². The highest BCUT2D eigenvalue weighted by molar-refractivity contribution is 7.89. The zero-order valence-corrected chi connectivity index (χ0v) is 14.3. The number of hydrogen-bond donors (Lipinski definition) is 2. The molecule has 1 saturated heterocycles. The molecule has 0 saturated carbocycles. The van der Waals surface area contributed by atoms with E-state index in [0.717, 1.165) is 18.5 Å². The number of benzene rings is 2. The number of piperidine rings is 1. The fourth-order valence-corrected chi connectivity index (χ4v) is 4.37. The average Bonchev–Trinajstić information content (AvgIpc) is 2.63. The number of nitrogens with one attached hydrogen (secondary N) is 2. The van der Waals surface area contributed by atoms with Crippen molar-refractivity contribution < 1.29 is 13.3 Å². The second-order valence-electron chi connectivity index (χ2n) is 5.99. The molecule has 2 N–H and O–H groups in total. The fourth-order valence-electron chi connectivity index (χ4n) is 3.10. The van der Waals surface area contributed by atoms with Crippen molar-refractivity contribution in [2.75, 3.05) is 13.1 Å². The van der Waals surface area contributed by atoms with Gasteiger partial charge in [-0.2, -0.15) is 0 Å². The van der Waals surface area contributed by atoms with Crippen molar-refractivity contribution >= 4 is 15.7 Å². The van der Waals surface area contributed by atoms with E-state index in [-0.39, 0.29) is 22.5 Å². The number of nitro benzene ring substituents is 1. The molecule has 1 aliphatic heterocycles. The van der Waals surface area contributed by atoms with E-state index in [1.54, 1.807) is 0 Å². The predicted molar refractivity (Wildman–Crippen MR) is 93.9 cm³/mol. The summed E-state index contributed by atoms with van der Waals surface area (Å²) in [4.78, 5) is 10.2. The lowest BCUT2D eigenvalue weighted by Gasteiger charge is -2.33. The van der Waals surface area contributed by atoms with E-state index in [1.807, 2.05) is 30.3 Å². The lowest BCUT2D eigenvalue weighted by Crippen LogP contribution is -2.49. The maximum absolute atomic E-state index is 12.6. The van der Waals surface area contributed by atoms with Gasteiger partial charge in [0, 0.05) is 30.6 Å². The summed E-state index contributed by atoms with van der Waals surface area (Å²) in [5.74, 6) is 0.0790. The molecular formula is C17H19N3O4S. The Hall–Kier alpha value is -2.29. The van der Waals surface area contributed by atoms with E-state index in [4.69, 9.17) is 0 Å². The summed E-state index contributed by atoms with van der Waals surface area (Å²) in [6.45, 7) is 1.36. The Morgan fingerprint density at radius 2 is 1.76 bits per heavy atom. The molecule has 3 rings (SSSR count). The molecule has 1 aliphatic rings. The average molecular weight is 361 g/mol. The van der Waals surface area contributed by atoms with Crippen LogP contribution in [-0.4, -0.2) is 32.5 Å². The summed E-state index contributed by atoms with van der Waals surface area (Å²) >= 11 is 0. The topological polar surface area (TPSA) is 101 Å². The number of rotatable bonds is 5. The second kappa shape index (κ2) is 7.30. The maximum atomic E-state index is 12.6. The van der Waals surface area contributed by atoms with Crippen LogP contribution in [0.5, 0.6) is 0 Å². The second-order valence-corrected chi connectivity index (χ2v) is 7.70. The molecule has 8 heteroatoms. The summed E-state index contributed by atoms with van der Waals surface area (Å²) < 4.78 is 28.0. The predicted octanol–water partition coefficient (Wildman–Crippen LogP) is 2.02. The molecule has 1 fully saturated rings. The minimum atomic E-state index is -3.76. The highest BCUT2D eigenvalue weighted by atomic mass is 32.2. The lowest BCUT2D eigenvalue weighted by molar-refractivity contribution is -0.384. The molecule has 0 spiro atoms. The summed E-state index contributed by atoms with van der Waals surface area (Å²) in [6, 6.07) is 14.5. The zero-order valence-electron chi connectivity index (χ0n) is 13.5. The SMILES string of the molecule is O=[N+]([O-])c1ccc(S(=O)(=O)N[C@H]2CNCC[C@H]2c2ccccc2)cc1. The largest absolute Gasteiger partial charge is 0.315 e. The number of nitrogens with zero attached hydrogens (tertiary/aromatic N) is 1. The lowest BCUT2D eigenvalue weighted by atomic mass is 9.87. The molecule has 0 unspecified atom stereocenters. The van der Waals surface area contributed by atoms with Crippen LogP contribution in [0, 0.1) is 10.1 Å². The molecule has 25 heavy (non-hydrogen) atoms. The molecule has 132 valence electrons. The zero-order chi connectivity index (χ0) is 17.9. The summed E-state index contributed by atoms with van der Waals surface area (Å²) in [5.41, 5.74) is 0.959. The van der Waals surface area contributed by atoms with Crippen LogP contribution < -0.4 is 10.0 Å². The number of non-ortho nitro benzene ring substituents is 1. The third-order valence-corrected chi connectivity index (χ3v) is 5.88. The summed E-state index contributed by atoms with van der Waals surface area (Å²) in [7, 11) is -3.76. The van der Waals surface area contributed by atoms with E-state index in [9.17, 15) is 18.5 Å². The molecule has 0 amide bonds. The smallest absolute Gasteiger partial charge is 0.269 e. The first kappa shape index (κ1) is 17.5. The molecule has 0 radical (unpaired) electrons. The van der Waals surface area contributed by atoms with Crippen molar-refractivity contribution in [1.82, 2.24) is 10.0 Å². The van der Waals surface area contributed by atoms with Crippen LogP contribution in [0.4, 0.5) is 5.69 Å². The molecule has 1 heterocycles. The van der Waals surface area contributed by atoms with Gasteiger partial charge in [0.15, 0.2) is 0 Å². The Bertz CT molecular complexity index is 838. The standard InChI is InChI=1S/C17H19N3O4S/c21-20(22)14-6-8-15(9-7-14)25(23,24)19-17-12-18-11-10-16(17)13-4-2-1-3-5-13/h1-9,16-19H,10-12H2/t16-,17-/m0/s1. The first-order chi connectivity index (χ1) is 12.0. The first-order valence-corrected chi connectivity index (χ1v) is 9.48. The van der Waals surface area contributed by atoms with Crippen molar-refractivity contribution in [2.45, 2.75) is 23.3 Å². The molecular weight excluding hydrogens is 342 g/mol. The van der Waals surface area contributed by atoms with Crippen LogP contribution in [0.15, 0.2) is 59.5 Å². The van der Waals surface area contributed by atoms with Gasteiger partial charge in [0.2, 0.25) is 10.0 Å². The van der Waals surface area contributed by atoms with Crippen molar-refractivity contribution in [1.29, 1.82) is 0 Å². The number of hydrogen-bond acceptors (Lipinski definition) is 5. The van der Waals surface area contributed by atoms with Crippen LogP contribution in [0.2, 0.25) is 0 Å². The minimum Gasteiger partial charge on any atom is -0.315 e. The highest BCUT2D eigenvalue weighted by Gasteiger charge is 2.30. The van der Waals surface area contributed by atoms with Crippen LogP contribution in [0.1, 0.15) is 17.9 Å². The Kier molecular flexibility index (Phi) is 5.12. The van der Waals surface area contributed by atoms with Gasteiger partial charge >= 0.3 is 0 Å². The van der Waals surface area contributed by atoms with Gasteiger partial charge in [0.1, 0.15) is 0 Å². The maximum Gasteiger partial charge on any atom is 0.269 e. The van der Waals surface area contributed by atoms with E-state index in [0.29, 0.717) is 6.54 Å². The number of sulfonamides is 1. The van der Waals surface area contributed by atoms with Gasteiger partial charge in [-0.25, -0.2) is 13.1 Å². The van der Waals surface area contributed by atoms with E-state index in [2.05, 4.69) is 10.0 Å². The van der Waals surface area contributed by atoms with Crippen LogP contribution in [0.3, 0.4) is 0 Å². The van der Waals surface area contributed by atoms with Crippen LogP contribution >= 0.6 is 0 Å². The molecule has 7 nitrogen and oxygen atoms in total. The minimum absolute atomic E-state index is 0.0236. The molecule has 2 aromatic rings. The third kappa shape index (κ3) is 4.04. The van der Waals surface area contributed by atoms with Crippen molar-refractivity contribution in [2.24, 2.45) is 0 Å². The fraction of sp³-hybridized carbons (Fsp3) is 0.294. The Morgan fingerprint density at radius 3 is 2.40 bits per heavy atom. The van der Waals surface area contributed by atoms with Gasteiger partial charge in [-0.05, 0) is 30.7 Å². The van der Waals surface area contributed by atoms with E-state index in [1.165, 1.54) is 24.3 Å². The van der Waals surface area contributed by atoms with Gasteiger partial charge in [-0.3, -0.25) is 10.1 Å². The summed E-state index contributed by atoms with van der Waals surface area (Å²) in [6.07, 6.45) is 0.831. The molecule has 0 aliphatic carbocycles. The molecule has 0 aromatic heterocycles.